The summed E-state index contributed by atoms with van der Waals surface area (Å²) in [6, 6.07) is 24.3. The first kappa shape index (κ1) is 18.3. The lowest BCUT2D eigenvalue weighted by Crippen LogP contribution is -2.37. The van der Waals surface area contributed by atoms with Gasteiger partial charge in [-0.15, -0.1) is 0 Å². The third-order valence-corrected chi connectivity index (χ3v) is 5.11. The van der Waals surface area contributed by atoms with Gasteiger partial charge in [-0.25, -0.2) is 0 Å². The monoisotopic (exact) mass is 365 g/mol. The van der Waals surface area contributed by atoms with Gasteiger partial charge in [-0.05, 0) is 23.9 Å². The molecule has 1 atom stereocenters. The van der Waals surface area contributed by atoms with E-state index in [-0.39, 0.29) is 5.91 Å². The third-order valence-electron chi connectivity index (χ3n) is 4.08. The Morgan fingerprint density at radius 1 is 1.00 bits per heavy atom. The van der Waals surface area contributed by atoms with Crippen LogP contribution in [0.3, 0.4) is 0 Å². The minimum Gasteiger partial charge on any atom is -0.480 e. The van der Waals surface area contributed by atoms with Gasteiger partial charge in [0.05, 0.1) is 0 Å². The second-order valence-corrected chi connectivity index (χ2v) is 7.17. The first-order valence-corrected chi connectivity index (χ1v) is 9.93. The fourth-order valence-electron chi connectivity index (χ4n) is 2.70. The Balaban J connectivity index is 1.44. The largest absolute Gasteiger partial charge is 0.480 e. The Morgan fingerprint density at radius 2 is 1.73 bits per heavy atom. The van der Waals surface area contributed by atoms with Gasteiger partial charge in [-0.2, -0.15) is 11.8 Å². The highest BCUT2D eigenvalue weighted by molar-refractivity contribution is 7.98. The van der Waals surface area contributed by atoms with Crippen molar-refractivity contribution in [1.29, 1.82) is 0 Å². The molecule has 0 aliphatic carbocycles. The smallest absolute Gasteiger partial charge is 0.260 e. The third kappa shape index (κ3) is 5.02. The molecule has 0 aromatic heterocycles. The minimum absolute atomic E-state index is 0.0850. The summed E-state index contributed by atoms with van der Waals surface area (Å²) in [4.78, 5) is 12.3. The average molecular weight is 365 g/mol. The van der Waals surface area contributed by atoms with E-state index in [1.54, 1.807) is 6.92 Å². The fourth-order valence-corrected chi connectivity index (χ4v) is 3.52. The van der Waals surface area contributed by atoms with E-state index in [9.17, 15) is 4.79 Å². The summed E-state index contributed by atoms with van der Waals surface area (Å²) >= 11 is 1.81. The van der Waals surface area contributed by atoms with Crippen molar-refractivity contribution in [2.45, 2.75) is 18.8 Å². The summed E-state index contributed by atoms with van der Waals surface area (Å²) < 4.78 is 5.90. The highest BCUT2D eigenvalue weighted by Crippen LogP contribution is 2.26. The maximum absolute atomic E-state index is 12.3. The van der Waals surface area contributed by atoms with Gasteiger partial charge < -0.3 is 10.1 Å². The van der Waals surface area contributed by atoms with Crippen LogP contribution in [0.5, 0.6) is 5.75 Å². The van der Waals surface area contributed by atoms with Crippen LogP contribution >= 0.6 is 11.8 Å². The molecule has 1 N–H and O–H groups in total. The number of amides is 1. The standard InChI is InChI=1S/C22H23NO2S/c1-17(25-21-13-7-11-19-10-5-6-12-20(19)21)22(24)23-14-15-26-16-18-8-3-2-4-9-18/h2-13,17H,14-16H2,1H3,(H,23,24)/t17-/m1/s1. The van der Waals surface area contributed by atoms with E-state index in [4.69, 9.17) is 4.74 Å². The average Bonchev–Trinajstić information content (AvgIpc) is 2.68. The van der Waals surface area contributed by atoms with Gasteiger partial charge >= 0.3 is 0 Å². The number of carbonyl (C=O) groups excluding carboxylic acids is 1. The van der Waals surface area contributed by atoms with Crippen LogP contribution in [0.25, 0.3) is 10.8 Å². The first-order valence-electron chi connectivity index (χ1n) is 8.78. The first-order chi connectivity index (χ1) is 12.7. The molecule has 3 rings (SSSR count). The number of thioether (sulfide) groups is 1. The number of nitrogens with one attached hydrogen (secondary N) is 1. The SMILES string of the molecule is C[C@@H](Oc1cccc2ccccc12)C(=O)NCCSCc1ccccc1. The molecule has 4 heteroatoms. The fraction of sp³-hybridized carbons (Fsp3) is 0.227. The van der Waals surface area contributed by atoms with E-state index >= 15 is 0 Å². The van der Waals surface area contributed by atoms with Crippen molar-refractivity contribution in [1.82, 2.24) is 5.32 Å². The second-order valence-electron chi connectivity index (χ2n) is 6.07. The van der Waals surface area contributed by atoms with Crippen molar-refractivity contribution in [2.75, 3.05) is 12.3 Å². The molecule has 3 aromatic rings. The number of fused-ring (bicyclic) bond motifs is 1. The van der Waals surface area contributed by atoms with E-state index in [2.05, 4.69) is 17.4 Å². The number of rotatable bonds is 8. The van der Waals surface area contributed by atoms with Gasteiger partial charge in [0.15, 0.2) is 6.10 Å². The zero-order valence-corrected chi connectivity index (χ0v) is 15.7. The molecule has 0 bridgehead atoms. The van der Waals surface area contributed by atoms with Crippen LogP contribution < -0.4 is 10.1 Å². The molecule has 0 spiro atoms. The van der Waals surface area contributed by atoms with Crippen molar-refractivity contribution >= 4 is 28.4 Å². The highest BCUT2D eigenvalue weighted by Gasteiger charge is 2.15. The lowest BCUT2D eigenvalue weighted by molar-refractivity contribution is -0.127. The van der Waals surface area contributed by atoms with Gasteiger partial charge in [-0.1, -0.05) is 66.7 Å². The molecule has 0 fully saturated rings. The molecule has 3 nitrogen and oxygen atoms in total. The Kier molecular flexibility index (Phi) is 6.56. The molecule has 0 saturated heterocycles. The van der Waals surface area contributed by atoms with Gasteiger partial charge in [0.1, 0.15) is 5.75 Å². The van der Waals surface area contributed by atoms with Crippen LogP contribution in [0.4, 0.5) is 0 Å². The van der Waals surface area contributed by atoms with E-state index in [1.807, 2.05) is 72.4 Å². The Hall–Kier alpha value is -2.46. The summed E-state index contributed by atoms with van der Waals surface area (Å²) in [5.41, 5.74) is 1.30. The Labute approximate surface area is 158 Å². The Bertz CT molecular complexity index is 846. The predicted octanol–water partition coefficient (Wildman–Crippen LogP) is 4.66. The topological polar surface area (TPSA) is 38.3 Å². The normalized spacial score (nSPS) is 11.9. The van der Waals surface area contributed by atoms with Crippen LogP contribution in [0.1, 0.15) is 12.5 Å². The number of ether oxygens (including phenoxy) is 1. The zero-order valence-electron chi connectivity index (χ0n) is 14.9. The summed E-state index contributed by atoms with van der Waals surface area (Å²) in [6.45, 7) is 2.42. The van der Waals surface area contributed by atoms with Gasteiger partial charge in [0, 0.05) is 23.4 Å². The number of benzene rings is 3. The van der Waals surface area contributed by atoms with Crippen LogP contribution in [0.2, 0.25) is 0 Å². The van der Waals surface area contributed by atoms with Crippen LogP contribution in [-0.4, -0.2) is 24.3 Å². The van der Waals surface area contributed by atoms with Crippen molar-refractivity contribution < 1.29 is 9.53 Å². The van der Waals surface area contributed by atoms with E-state index < -0.39 is 6.10 Å². The molecule has 0 heterocycles. The summed E-state index contributed by atoms with van der Waals surface area (Å²) in [5, 5.41) is 5.08. The molecule has 0 unspecified atom stereocenters. The summed E-state index contributed by atoms with van der Waals surface area (Å²) in [7, 11) is 0. The van der Waals surface area contributed by atoms with Crippen LogP contribution in [0, 0.1) is 0 Å². The quantitative estimate of drug-likeness (QED) is 0.590. The molecule has 1 amide bonds. The molecule has 3 aromatic carbocycles. The van der Waals surface area contributed by atoms with Crippen molar-refractivity contribution in [3.63, 3.8) is 0 Å². The molecular formula is C22H23NO2S. The molecule has 0 saturated carbocycles. The Morgan fingerprint density at radius 3 is 2.58 bits per heavy atom. The molecule has 26 heavy (non-hydrogen) atoms. The lowest BCUT2D eigenvalue weighted by atomic mass is 10.1. The van der Waals surface area contributed by atoms with Crippen LogP contribution in [0.15, 0.2) is 72.8 Å². The maximum atomic E-state index is 12.3. The van der Waals surface area contributed by atoms with Gasteiger partial charge in [0.25, 0.3) is 5.91 Å². The summed E-state index contributed by atoms with van der Waals surface area (Å²) in [6.07, 6.45) is -0.528. The minimum atomic E-state index is -0.528. The lowest BCUT2D eigenvalue weighted by Gasteiger charge is -2.16. The number of hydrogen-bond acceptors (Lipinski definition) is 3. The molecule has 0 radical (unpaired) electrons. The van der Waals surface area contributed by atoms with E-state index in [0.717, 1.165) is 28.0 Å². The highest BCUT2D eigenvalue weighted by atomic mass is 32.2. The van der Waals surface area contributed by atoms with Crippen LogP contribution in [-0.2, 0) is 10.5 Å². The predicted molar refractivity (Wildman–Crippen MR) is 110 cm³/mol. The van der Waals surface area contributed by atoms with Gasteiger partial charge in [-0.3, -0.25) is 4.79 Å². The number of hydrogen-bond donors (Lipinski definition) is 1. The molecule has 134 valence electrons. The van der Waals surface area contributed by atoms with Crippen molar-refractivity contribution in [3.05, 3.63) is 78.4 Å². The van der Waals surface area contributed by atoms with E-state index in [0.29, 0.717) is 6.54 Å². The summed E-state index contributed by atoms with van der Waals surface area (Å²) in [5.74, 6) is 2.49. The molecular weight excluding hydrogens is 342 g/mol. The maximum Gasteiger partial charge on any atom is 0.260 e. The van der Waals surface area contributed by atoms with Gasteiger partial charge in [0.2, 0.25) is 0 Å². The van der Waals surface area contributed by atoms with Crippen molar-refractivity contribution in [3.8, 4) is 5.75 Å². The van der Waals surface area contributed by atoms with E-state index in [1.165, 1.54) is 5.56 Å². The molecule has 0 aliphatic rings. The zero-order chi connectivity index (χ0) is 18.2. The van der Waals surface area contributed by atoms with Crippen molar-refractivity contribution in [2.24, 2.45) is 0 Å². The number of carbonyl (C=O) groups is 1. The molecule has 0 aliphatic heterocycles. The second kappa shape index (κ2) is 9.30.